The van der Waals surface area contributed by atoms with Crippen LogP contribution in [0.25, 0.3) is 16.9 Å². The Kier molecular flexibility index (Phi) is 8.91. The smallest absolute Gasteiger partial charge is 0.243 e. The van der Waals surface area contributed by atoms with E-state index in [0.717, 1.165) is 22.6 Å². The summed E-state index contributed by atoms with van der Waals surface area (Å²) in [5.41, 5.74) is 3.38. The average molecular weight is 563 g/mol. The number of methoxy groups -OCH3 is 2. The summed E-state index contributed by atoms with van der Waals surface area (Å²) < 4.78 is 40.4. The van der Waals surface area contributed by atoms with E-state index in [1.165, 1.54) is 23.5 Å². The summed E-state index contributed by atoms with van der Waals surface area (Å²) in [7, 11) is -0.825. The minimum Gasteiger partial charge on any atom is -0.497 e. The van der Waals surface area contributed by atoms with Gasteiger partial charge in [-0.25, -0.2) is 13.4 Å². The van der Waals surface area contributed by atoms with Crippen molar-refractivity contribution in [2.75, 3.05) is 32.6 Å². The molecule has 40 heavy (non-hydrogen) atoms. The number of carbonyl (C=O) groups excluding carboxylic acids is 1. The fraction of sp³-hybridized carbons (Fsp3) is 0.267. The maximum absolute atomic E-state index is 13.5. The van der Waals surface area contributed by atoms with Crippen molar-refractivity contribution in [3.63, 3.8) is 0 Å². The lowest BCUT2D eigenvalue weighted by Gasteiger charge is -2.23. The summed E-state index contributed by atoms with van der Waals surface area (Å²) >= 11 is 0. The number of amides is 1. The molecule has 0 aliphatic rings. The number of nitrogens with one attached hydrogen (secondary N) is 1. The molecule has 0 radical (unpaired) electrons. The molecule has 0 bridgehead atoms. The summed E-state index contributed by atoms with van der Waals surface area (Å²) in [4.78, 5) is 18.1. The van der Waals surface area contributed by atoms with Crippen LogP contribution < -0.4 is 14.8 Å². The van der Waals surface area contributed by atoms with Gasteiger partial charge < -0.3 is 9.47 Å². The molecule has 0 atom stereocenters. The van der Waals surface area contributed by atoms with E-state index in [0.29, 0.717) is 11.4 Å². The van der Waals surface area contributed by atoms with Gasteiger partial charge in [-0.2, -0.15) is 4.31 Å². The number of hydrogen-bond donors (Lipinski definition) is 1. The SMILES string of the molecule is COc1ccc(-c2cn(-c3ccc(C)cc3)c(NC(=O)CN(CC(C)C)S(=O)(=O)c3ccc(OC)cc3)n2)cc1. The molecule has 0 fully saturated rings. The van der Waals surface area contributed by atoms with E-state index in [-0.39, 0.29) is 29.9 Å². The maximum Gasteiger partial charge on any atom is 0.243 e. The molecule has 0 saturated carbocycles. The Labute approximate surface area is 235 Å². The molecule has 0 aliphatic carbocycles. The molecule has 0 aliphatic heterocycles. The highest BCUT2D eigenvalue weighted by Crippen LogP contribution is 2.27. The quantitative estimate of drug-likeness (QED) is 0.271. The second-order valence-corrected chi connectivity index (χ2v) is 11.7. The van der Waals surface area contributed by atoms with Crippen LogP contribution in [-0.4, -0.2) is 55.5 Å². The van der Waals surface area contributed by atoms with Gasteiger partial charge >= 0.3 is 0 Å². The summed E-state index contributed by atoms with van der Waals surface area (Å²) in [6.07, 6.45) is 1.84. The fourth-order valence-electron chi connectivity index (χ4n) is 4.15. The highest BCUT2D eigenvalue weighted by atomic mass is 32.2. The fourth-order valence-corrected chi connectivity index (χ4v) is 5.71. The van der Waals surface area contributed by atoms with Gasteiger partial charge in [0.1, 0.15) is 11.5 Å². The van der Waals surface area contributed by atoms with Crippen molar-refractivity contribution in [3.05, 3.63) is 84.6 Å². The molecule has 1 N–H and O–H groups in total. The number of nitrogens with zero attached hydrogens (tertiary/aromatic N) is 3. The summed E-state index contributed by atoms with van der Waals surface area (Å²) in [5, 5.41) is 2.84. The van der Waals surface area contributed by atoms with Crippen molar-refractivity contribution in [2.45, 2.75) is 25.7 Å². The standard InChI is InChI=1S/C30H34N4O5S/c1-21(2)18-33(40(36,37)27-16-14-26(39-5)15-17-27)20-29(35)32-30-31-28(23-8-12-25(38-4)13-9-23)19-34(30)24-10-6-22(3)7-11-24/h6-17,19,21H,18,20H2,1-5H3,(H,31,32,35). The van der Waals surface area contributed by atoms with Crippen molar-refractivity contribution < 1.29 is 22.7 Å². The number of anilines is 1. The third kappa shape index (κ3) is 6.70. The topological polar surface area (TPSA) is 103 Å². The summed E-state index contributed by atoms with van der Waals surface area (Å²) in [6, 6.07) is 21.4. The first-order valence-corrected chi connectivity index (χ1v) is 14.3. The molecule has 1 aromatic heterocycles. The third-order valence-electron chi connectivity index (χ3n) is 6.24. The second kappa shape index (κ2) is 12.4. The van der Waals surface area contributed by atoms with Crippen LogP contribution in [0.2, 0.25) is 0 Å². The Balaban J connectivity index is 1.64. The van der Waals surface area contributed by atoms with E-state index < -0.39 is 15.9 Å². The molecule has 3 aromatic carbocycles. The molecule has 0 saturated heterocycles. The molecule has 4 aromatic rings. The number of aromatic nitrogens is 2. The zero-order valence-corrected chi connectivity index (χ0v) is 24.1. The van der Waals surface area contributed by atoms with Gasteiger partial charge in [0.2, 0.25) is 21.9 Å². The van der Waals surface area contributed by atoms with Gasteiger partial charge in [0.05, 0.1) is 31.4 Å². The number of carbonyl (C=O) groups is 1. The van der Waals surface area contributed by atoms with Gasteiger partial charge in [-0.15, -0.1) is 0 Å². The predicted molar refractivity (Wildman–Crippen MR) is 156 cm³/mol. The molecule has 0 spiro atoms. The van der Waals surface area contributed by atoms with Gasteiger partial charge in [0.25, 0.3) is 0 Å². The monoisotopic (exact) mass is 562 g/mol. The number of imidazole rings is 1. The molecule has 210 valence electrons. The number of ether oxygens (including phenoxy) is 2. The summed E-state index contributed by atoms with van der Waals surface area (Å²) in [6.45, 7) is 5.60. The molecule has 10 heteroatoms. The van der Waals surface area contributed by atoms with E-state index in [1.54, 1.807) is 23.8 Å². The lowest BCUT2D eigenvalue weighted by Crippen LogP contribution is -2.40. The minimum atomic E-state index is -3.94. The molecule has 1 heterocycles. The van der Waals surface area contributed by atoms with E-state index >= 15 is 0 Å². The second-order valence-electron chi connectivity index (χ2n) is 9.80. The normalized spacial score (nSPS) is 11.6. The average Bonchev–Trinajstić information content (AvgIpc) is 3.36. The van der Waals surface area contributed by atoms with Gasteiger partial charge in [-0.05, 0) is 73.5 Å². The van der Waals surface area contributed by atoms with E-state index in [2.05, 4.69) is 5.32 Å². The first-order chi connectivity index (χ1) is 19.1. The van der Waals surface area contributed by atoms with E-state index in [4.69, 9.17) is 14.5 Å². The number of benzene rings is 3. The maximum atomic E-state index is 13.5. The van der Waals surface area contributed by atoms with Crippen LogP contribution in [0.5, 0.6) is 11.5 Å². The van der Waals surface area contributed by atoms with Crippen LogP contribution in [0.1, 0.15) is 19.4 Å². The van der Waals surface area contributed by atoms with E-state index in [1.807, 2.05) is 75.5 Å². The Hall–Kier alpha value is -4.15. The van der Waals surface area contributed by atoms with Crippen molar-refractivity contribution in [3.8, 4) is 28.4 Å². The van der Waals surface area contributed by atoms with Crippen molar-refractivity contribution in [1.29, 1.82) is 0 Å². The molecule has 9 nitrogen and oxygen atoms in total. The molecule has 0 unspecified atom stereocenters. The van der Waals surface area contributed by atoms with E-state index in [9.17, 15) is 13.2 Å². The van der Waals surface area contributed by atoms with Gasteiger partial charge in [0, 0.05) is 24.0 Å². The van der Waals surface area contributed by atoms with Crippen LogP contribution in [0.15, 0.2) is 83.9 Å². The number of aryl methyl sites for hydroxylation is 1. The van der Waals surface area contributed by atoms with Gasteiger partial charge in [-0.1, -0.05) is 31.5 Å². The highest BCUT2D eigenvalue weighted by Gasteiger charge is 2.28. The van der Waals surface area contributed by atoms with Crippen LogP contribution in [0.4, 0.5) is 5.95 Å². The van der Waals surface area contributed by atoms with Crippen molar-refractivity contribution in [1.82, 2.24) is 13.9 Å². The molecular weight excluding hydrogens is 528 g/mol. The lowest BCUT2D eigenvalue weighted by atomic mass is 10.1. The zero-order valence-electron chi connectivity index (χ0n) is 23.3. The van der Waals surface area contributed by atoms with Gasteiger partial charge in [0.15, 0.2) is 0 Å². The summed E-state index contributed by atoms with van der Waals surface area (Å²) in [5.74, 6) is 1.04. The zero-order chi connectivity index (χ0) is 28.9. The van der Waals surface area contributed by atoms with Crippen LogP contribution in [-0.2, 0) is 14.8 Å². The van der Waals surface area contributed by atoms with Crippen LogP contribution >= 0.6 is 0 Å². The number of sulfonamides is 1. The van der Waals surface area contributed by atoms with Crippen molar-refractivity contribution >= 4 is 21.9 Å². The van der Waals surface area contributed by atoms with Crippen LogP contribution in [0, 0.1) is 12.8 Å². The van der Waals surface area contributed by atoms with Gasteiger partial charge in [-0.3, -0.25) is 14.7 Å². The Morgan fingerprint density at radius 3 is 2.05 bits per heavy atom. The lowest BCUT2D eigenvalue weighted by molar-refractivity contribution is -0.116. The third-order valence-corrected chi connectivity index (χ3v) is 8.07. The molecule has 4 rings (SSSR count). The highest BCUT2D eigenvalue weighted by molar-refractivity contribution is 7.89. The molecular formula is C30H34N4O5S. The largest absolute Gasteiger partial charge is 0.497 e. The Morgan fingerprint density at radius 1 is 0.925 bits per heavy atom. The number of rotatable bonds is 11. The van der Waals surface area contributed by atoms with Crippen LogP contribution in [0.3, 0.4) is 0 Å². The predicted octanol–water partition coefficient (Wildman–Crippen LogP) is 5.15. The minimum absolute atomic E-state index is 0.00274. The Morgan fingerprint density at radius 2 is 1.50 bits per heavy atom. The Bertz CT molecular complexity index is 1550. The van der Waals surface area contributed by atoms with Crippen molar-refractivity contribution in [2.24, 2.45) is 5.92 Å². The first kappa shape index (κ1) is 28.8. The molecule has 1 amide bonds. The number of hydrogen-bond acceptors (Lipinski definition) is 6. The first-order valence-electron chi connectivity index (χ1n) is 12.9.